The van der Waals surface area contributed by atoms with Gasteiger partial charge in [-0.1, -0.05) is 6.07 Å². The summed E-state index contributed by atoms with van der Waals surface area (Å²) in [6.07, 6.45) is 4.41. The Hall–Kier alpha value is -0.930. The molecule has 0 aromatic carbocycles. The number of nitrogens with one attached hydrogen (secondary N) is 1. The molecule has 80 valence electrons. The van der Waals surface area contributed by atoms with Gasteiger partial charge in [0.2, 0.25) is 0 Å². The maximum Gasteiger partial charge on any atom is 0.0745 e. The summed E-state index contributed by atoms with van der Waals surface area (Å²) in [5.74, 6) is 0. The standard InChI is InChI=1S/C12H16N2O/c1-2-6-13-10(4-1)12(8-15-9-12)11-5-3-7-14-11/h1-2,4,6,11,14H,3,5,7-9H2. The van der Waals surface area contributed by atoms with Crippen molar-refractivity contribution in [3.8, 4) is 0 Å². The van der Waals surface area contributed by atoms with E-state index >= 15 is 0 Å². The summed E-state index contributed by atoms with van der Waals surface area (Å²) in [5, 5.41) is 3.58. The average Bonchev–Trinajstić information content (AvgIpc) is 2.72. The van der Waals surface area contributed by atoms with Crippen LogP contribution >= 0.6 is 0 Å². The maximum absolute atomic E-state index is 5.43. The van der Waals surface area contributed by atoms with E-state index < -0.39 is 0 Å². The quantitative estimate of drug-likeness (QED) is 0.783. The lowest BCUT2D eigenvalue weighted by Crippen LogP contribution is -2.58. The SMILES string of the molecule is c1ccc(C2(C3CCCN3)COC2)nc1. The first-order valence-electron chi connectivity index (χ1n) is 5.64. The summed E-state index contributed by atoms with van der Waals surface area (Å²) in [6, 6.07) is 6.72. The predicted octanol–water partition coefficient (Wildman–Crippen LogP) is 1.10. The molecular formula is C12H16N2O. The zero-order valence-corrected chi connectivity index (χ0v) is 8.78. The fourth-order valence-electron chi connectivity index (χ4n) is 2.66. The van der Waals surface area contributed by atoms with Gasteiger partial charge in [0.25, 0.3) is 0 Å². The van der Waals surface area contributed by atoms with E-state index in [9.17, 15) is 0 Å². The highest BCUT2D eigenvalue weighted by molar-refractivity contribution is 5.24. The largest absolute Gasteiger partial charge is 0.379 e. The van der Waals surface area contributed by atoms with E-state index in [2.05, 4.69) is 22.4 Å². The summed E-state index contributed by atoms with van der Waals surface area (Å²) < 4.78 is 5.43. The van der Waals surface area contributed by atoms with E-state index in [-0.39, 0.29) is 5.41 Å². The van der Waals surface area contributed by atoms with E-state index in [0.29, 0.717) is 6.04 Å². The molecule has 1 atom stereocenters. The maximum atomic E-state index is 5.43. The molecule has 3 heterocycles. The minimum atomic E-state index is 0.151. The number of aromatic nitrogens is 1. The fourth-order valence-corrected chi connectivity index (χ4v) is 2.66. The predicted molar refractivity (Wildman–Crippen MR) is 57.8 cm³/mol. The van der Waals surface area contributed by atoms with E-state index in [4.69, 9.17) is 4.74 Å². The van der Waals surface area contributed by atoms with Crippen molar-refractivity contribution >= 4 is 0 Å². The molecule has 0 aliphatic carbocycles. The van der Waals surface area contributed by atoms with Crippen LogP contribution in [0.1, 0.15) is 18.5 Å². The van der Waals surface area contributed by atoms with Crippen LogP contribution in [-0.4, -0.2) is 30.8 Å². The summed E-state index contributed by atoms with van der Waals surface area (Å²) in [7, 11) is 0. The van der Waals surface area contributed by atoms with Gasteiger partial charge in [-0.2, -0.15) is 0 Å². The molecule has 2 fully saturated rings. The first-order valence-corrected chi connectivity index (χ1v) is 5.64. The molecule has 1 N–H and O–H groups in total. The van der Waals surface area contributed by atoms with Crippen molar-refractivity contribution in [1.82, 2.24) is 10.3 Å². The Kier molecular flexibility index (Phi) is 2.22. The first kappa shape index (κ1) is 9.31. The second kappa shape index (κ2) is 3.58. The molecule has 3 rings (SSSR count). The van der Waals surface area contributed by atoms with Gasteiger partial charge in [-0.3, -0.25) is 4.98 Å². The number of rotatable bonds is 2. The Morgan fingerprint density at radius 3 is 2.87 bits per heavy atom. The Balaban J connectivity index is 1.92. The second-order valence-electron chi connectivity index (χ2n) is 4.51. The van der Waals surface area contributed by atoms with Crippen LogP contribution in [0.2, 0.25) is 0 Å². The van der Waals surface area contributed by atoms with Crippen molar-refractivity contribution in [2.45, 2.75) is 24.3 Å². The average molecular weight is 204 g/mol. The lowest BCUT2D eigenvalue weighted by atomic mass is 9.74. The number of hydrogen-bond donors (Lipinski definition) is 1. The highest BCUT2D eigenvalue weighted by atomic mass is 16.5. The molecule has 1 aromatic heterocycles. The van der Waals surface area contributed by atoms with Gasteiger partial charge in [0.15, 0.2) is 0 Å². The Morgan fingerprint density at radius 1 is 1.40 bits per heavy atom. The number of nitrogens with zero attached hydrogens (tertiary/aromatic N) is 1. The van der Waals surface area contributed by atoms with Gasteiger partial charge in [0.1, 0.15) is 0 Å². The van der Waals surface area contributed by atoms with Crippen LogP contribution in [0, 0.1) is 0 Å². The molecule has 3 nitrogen and oxygen atoms in total. The molecule has 0 radical (unpaired) electrons. The molecule has 2 aliphatic rings. The monoisotopic (exact) mass is 204 g/mol. The summed E-state index contributed by atoms with van der Waals surface area (Å²) in [5.41, 5.74) is 1.34. The molecule has 1 aromatic rings. The molecule has 15 heavy (non-hydrogen) atoms. The smallest absolute Gasteiger partial charge is 0.0745 e. The zero-order valence-electron chi connectivity index (χ0n) is 8.78. The van der Waals surface area contributed by atoms with Crippen LogP contribution < -0.4 is 5.32 Å². The van der Waals surface area contributed by atoms with Crippen molar-refractivity contribution in [2.24, 2.45) is 0 Å². The van der Waals surface area contributed by atoms with Gasteiger partial charge in [0.05, 0.1) is 24.3 Å². The van der Waals surface area contributed by atoms with E-state index in [1.54, 1.807) is 0 Å². The van der Waals surface area contributed by atoms with Crippen molar-refractivity contribution in [2.75, 3.05) is 19.8 Å². The molecule has 2 aliphatic heterocycles. The van der Waals surface area contributed by atoms with E-state index in [1.807, 2.05) is 12.3 Å². The van der Waals surface area contributed by atoms with Crippen molar-refractivity contribution < 1.29 is 4.74 Å². The molecular weight excluding hydrogens is 188 g/mol. The first-order chi connectivity index (χ1) is 7.42. The van der Waals surface area contributed by atoms with Crippen molar-refractivity contribution in [3.05, 3.63) is 30.1 Å². The lowest BCUT2D eigenvalue weighted by Gasteiger charge is -2.45. The molecule has 0 spiro atoms. The topological polar surface area (TPSA) is 34.1 Å². The zero-order chi connectivity index (χ0) is 10.1. The van der Waals surface area contributed by atoms with Crippen LogP contribution in [0.25, 0.3) is 0 Å². The summed E-state index contributed by atoms with van der Waals surface area (Å²) in [4.78, 5) is 4.50. The summed E-state index contributed by atoms with van der Waals surface area (Å²) >= 11 is 0. The number of hydrogen-bond acceptors (Lipinski definition) is 3. The van der Waals surface area contributed by atoms with Gasteiger partial charge in [-0.25, -0.2) is 0 Å². The lowest BCUT2D eigenvalue weighted by molar-refractivity contribution is -0.0782. The minimum Gasteiger partial charge on any atom is -0.379 e. The number of ether oxygens (including phenoxy) is 1. The van der Waals surface area contributed by atoms with Crippen LogP contribution in [0.5, 0.6) is 0 Å². The third-order valence-electron chi connectivity index (χ3n) is 3.62. The Bertz CT molecular complexity index is 329. The molecule has 3 heteroatoms. The highest BCUT2D eigenvalue weighted by Crippen LogP contribution is 2.37. The molecule has 0 amide bonds. The van der Waals surface area contributed by atoms with Crippen molar-refractivity contribution in [3.63, 3.8) is 0 Å². The van der Waals surface area contributed by atoms with Gasteiger partial charge >= 0.3 is 0 Å². The Labute approximate surface area is 89.9 Å². The highest BCUT2D eigenvalue weighted by Gasteiger charge is 2.48. The van der Waals surface area contributed by atoms with Gasteiger partial charge in [0, 0.05) is 12.2 Å². The van der Waals surface area contributed by atoms with E-state index in [0.717, 1.165) is 19.8 Å². The van der Waals surface area contributed by atoms with E-state index in [1.165, 1.54) is 18.5 Å². The third kappa shape index (κ3) is 1.38. The normalized spacial score (nSPS) is 28.7. The van der Waals surface area contributed by atoms with Crippen LogP contribution in [0.4, 0.5) is 0 Å². The van der Waals surface area contributed by atoms with Gasteiger partial charge < -0.3 is 10.1 Å². The van der Waals surface area contributed by atoms with Crippen molar-refractivity contribution in [1.29, 1.82) is 0 Å². The minimum absolute atomic E-state index is 0.151. The molecule has 1 unspecified atom stereocenters. The van der Waals surface area contributed by atoms with Gasteiger partial charge in [-0.05, 0) is 31.5 Å². The third-order valence-corrected chi connectivity index (χ3v) is 3.62. The number of pyridine rings is 1. The molecule has 0 saturated carbocycles. The van der Waals surface area contributed by atoms with Gasteiger partial charge in [-0.15, -0.1) is 0 Å². The molecule has 0 bridgehead atoms. The summed E-state index contributed by atoms with van der Waals surface area (Å²) in [6.45, 7) is 2.78. The van der Waals surface area contributed by atoms with Crippen LogP contribution in [0.15, 0.2) is 24.4 Å². The second-order valence-corrected chi connectivity index (χ2v) is 4.51. The van der Waals surface area contributed by atoms with Crippen LogP contribution in [0.3, 0.4) is 0 Å². The van der Waals surface area contributed by atoms with Crippen LogP contribution in [-0.2, 0) is 10.2 Å². The molecule has 2 saturated heterocycles. The fraction of sp³-hybridized carbons (Fsp3) is 0.583. The Morgan fingerprint density at radius 2 is 2.33 bits per heavy atom.